The van der Waals surface area contributed by atoms with Gasteiger partial charge in [0.05, 0.1) is 19.4 Å². The van der Waals surface area contributed by atoms with Gasteiger partial charge in [0, 0.05) is 23.8 Å². The minimum atomic E-state index is -0.495. The summed E-state index contributed by atoms with van der Waals surface area (Å²) in [5.41, 5.74) is 3.58. The number of Topliss-reactive ketones (excluding diaryl/α,β-unsaturated/α-hetero) is 1. The Morgan fingerprint density at radius 1 is 1.23 bits per heavy atom. The van der Waals surface area contributed by atoms with Crippen molar-refractivity contribution in [2.75, 3.05) is 24.9 Å². The lowest BCUT2D eigenvalue weighted by molar-refractivity contribution is 0.0980. The number of aryl methyl sites for hydroxylation is 1. The van der Waals surface area contributed by atoms with Crippen molar-refractivity contribution in [3.63, 3.8) is 0 Å². The van der Waals surface area contributed by atoms with E-state index in [-0.39, 0.29) is 5.78 Å². The fourth-order valence-corrected chi connectivity index (χ4v) is 4.34. The maximum atomic E-state index is 12.8. The number of carbonyl (C=O) groups excluding carboxylic acids is 1. The van der Waals surface area contributed by atoms with Crippen LogP contribution in [0.15, 0.2) is 30.3 Å². The van der Waals surface area contributed by atoms with Crippen molar-refractivity contribution in [3.8, 4) is 5.75 Å². The predicted octanol–water partition coefficient (Wildman–Crippen LogP) is 3.81. The van der Waals surface area contributed by atoms with Crippen LogP contribution in [-0.4, -0.2) is 31.2 Å². The molecule has 7 heteroatoms. The van der Waals surface area contributed by atoms with Gasteiger partial charge in [0.1, 0.15) is 15.6 Å². The summed E-state index contributed by atoms with van der Waals surface area (Å²) in [5.74, 6) is 0.710. The topological polar surface area (TPSA) is 72.5 Å². The van der Waals surface area contributed by atoms with Gasteiger partial charge in [-0.25, -0.2) is 4.98 Å². The van der Waals surface area contributed by atoms with Gasteiger partial charge < -0.3 is 20.1 Å². The molecule has 0 amide bonds. The van der Waals surface area contributed by atoms with E-state index in [0.29, 0.717) is 12.2 Å². The first kappa shape index (κ1) is 16.8. The van der Waals surface area contributed by atoms with E-state index in [4.69, 9.17) is 9.47 Å². The van der Waals surface area contributed by atoms with Crippen LogP contribution in [0.1, 0.15) is 21.6 Å². The standard InChI is InChI=1S/C19H19N3O3S/c1-10-8-12(9-24-2)14-15-19(26-18(14)20-10)22-17(21-15)16(23)11-4-6-13(25-3)7-5-11/h4-8,17,21-22H,9H2,1-3H3. The second-order valence-corrected chi connectivity index (χ2v) is 7.16. The van der Waals surface area contributed by atoms with Crippen molar-refractivity contribution in [2.24, 2.45) is 0 Å². The molecule has 1 unspecified atom stereocenters. The molecule has 2 N–H and O–H groups in total. The summed E-state index contributed by atoms with van der Waals surface area (Å²) in [7, 11) is 3.28. The number of fused-ring (bicyclic) bond motifs is 3. The van der Waals surface area contributed by atoms with Crippen LogP contribution in [0, 0.1) is 6.92 Å². The Labute approximate surface area is 155 Å². The molecule has 0 saturated carbocycles. The van der Waals surface area contributed by atoms with E-state index in [1.165, 1.54) is 0 Å². The van der Waals surface area contributed by atoms with Gasteiger partial charge in [0.15, 0.2) is 6.17 Å². The van der Waals surface area contributed by atoms with Crippen molar-refractivity contribution >= 4 is 38.0 Å². The Hall–Kier alpha value is -2.64. The Kier molecular flexibility index (Phi) is 4.26. The van der Waals surface area contributed by atoms with E-state index < -0.39 is 6.17 Å². The van der Waals surface area contributed by atoms with Crippen LogP contribution in [-0.2, 0) is 11.3 Å². The highest BCUT2D eigenvalue weighted by Crippen LogP contribution is 2.45. The van der Waals surface area contributed by atoms with Crippen LogP contribution >= 0.6 is 11.3 Å². The molecular weight excluding hydrogens is 350 g/mol. The molecule has 1 atom stereocenters. The number of hydrogen-bond donors (Lipinski definition) is 2. The number of carbonyl (C=O) groups is 1. The molecule has 6 nitrogen and oxygen atoms in total. The molecule has 0 radical (unpaired) electrons. The minimum absolute atomic E-state index is 0.0161. The quantitative estimate of drug-likeness (QED) is 0.667. The number of aromatic nitrogens is 1. The summed E-state index contributed by atoms with van der Waals surface area (Å²) in [4.78, 5) is 18.4. The number of ketones is 1. The molecule has 2 aromatic heterocycles. The number of nitrogens with zero attached hydrogens (tertiary/aromatic N) is 1. The molecular formula is C19H19N3O3S. The number of benzene rings is 1. The van der Waals surface area contributed by atoms with Gasteiger partial charge in [0.25, 0.3) is 0 Å². The molecule has 1 aliphatic rings. The molecule has 1 aromatic carbocycles. The molecule has 26 heavy (non-hydrogen) atoms. The zero-order chi connectivity index (χ0) is 18.3. The van der Waals surface area contributed by atoms with E-state index in [1.54, 1.807) is 49.8 Å². The average molecular weight is 369 g/mol. The number of nitrogens with one attached hydrogen (secondary N) is 2. The SMILES string of the molecule is COCc1cc(C)nc2sc3c(c12)NC(C(=O)c1ccc(OC)cc1)N3. The average Bonchev–Trinajstić information content (AvgIpc) is 3.18. The summed E-state index contributed by atoms with van der Waals surface area (Å²) in [6.45, 7) is 2.47. The molecule has 3 aromatic rings. The minimum Gasteiger partial charge on any atom is -0.497 e. The van der Waals surface area contributed by atoms with Gasteiger partial charge in [-0.3, -0.25) is 4.79 Å². The van der Waals surface area contributed by atoms with Crippen LogP contribution < -0.4 is 15.4 Å². The Bertz CT molecular complexity index is 982. The Balaban J connectivity index is 1.65. The second-order valence-electron chi connectivity index (χ2n) is 6.16. The van der Waals surface area contributed by atoms with E-state index >= 15 is 0 Å². The summed E-state index contributed by atoms with van der Waals surface area (Å²) in [5, 5.41) is 8.57. The van der Waals surface area contributed by atoms with Crippen molar-refractivity contribution < 1.29 is 14.3 Å². The number of hydrogen-bond acceptors (Lipinski definition) is 7. The third-order valence-electron chi connectivity index (χ3n) is 4.37. The van der Waals surface area contributed by atoms with Crippen LogP contribution in [0.3, 0.4) is 0 Å². The van der Waals surface area contributed by atoms with Gasteiger partial charge in [-0.15, -0.1) is 0 Å². The summed E-state index contributed by atoms with van der Waals surface area (Å²) in [6, 6.07) is 9.15. The molecule has 134 valence electrons. The molecule has 3 heterocycles. The Morgan fingerprint density at radius 2 is 2.00 bits per heavy atom. The fraction of sp³-hybridized carbons (Fsp3) is 0.263. The van der Waals surface area contributed by atoms with Gasteiger partial charge in [-0.1, -0.05) is 11.3 Å². The van der Waals surface area contributed by atoms with Gasteiger partial charge >= 0.3 is 0 Å². The van der Waals surface area contributed by atoms with E-state index in [0.717, 1.165) is 37.9 Å². The highest BCUT2D eigenvalue weighted by Gasteiger charge is 2.31. The molecule has 0 saturated heterocycles. The first-order valence-corrected chi connectivity index (χ1v) is 9.05. The lowest BCUT2D eigenvalue weighted by atomic mass is 10.1. The number of methoxy groups -OCH3 is 2. The zero-order valence-corrected chi connectivity index (χ0v) is 15.6. The second kappa shape index (κ2) is 6.59. The normalized spacial score (nSPS) is 15.4. The first-order chi connectivity index (χ1) is 12.6. The fourth-order valence-electron chi connectivity index (χ4n) is 3.19. The van der Waals surface area contributed by atoms with Gasteiger partial charge in [-0.05, 0) is 42.8 Å². The molecule has 4 rings (SSSR count). The number of pyridine rings is 1. The van der Waals surface area contributed by atoms with Crippen molar-refractivity contribution in [1.82, 2.24) is 4.98 Å². The van der Waals surface area contributed by atoms with Crippen LogP contribution in [0.25, 0.3) is 10.2 Å². The largest absolute Gasteiger partial charge is 0.497 e. The zero-order valence-electron chi connectivity index (χ0n) is 14.8. The van der Waals surface area contributed by atoms with Crippen molar-refractivity contribution in [2.45, 2.75) is 19.7 Å². The van der Waals surface area contributed by atoms with Crippen LogP contribution in [0.4, 0.5) is 10.7 Å². The van der Waals surface area contributed by atoms with E-state index in [9.17, 15) is 4.79 Å². The number of rotatable bonds is 5. The van der Waals surface area contributed by atoms with Crippen LogP contribution in [0.2, 0.25) is 0 Å². The lowest BCUT2D eigenvalue weighted by Gasteiger charge is -2.13. The maximum absolute atomic E-state index is 12.8. The monoisotopic (exact) mass is 369 g/mol. The number of ether oxygens (including phenoxy) is 2. The highest BCUT2D eigenvalue weighted by atomic mass is 32.1. The molecule has 0 fully saturated rings. The summed E-state index contributed by atoms with van der Waals surface area (Å²) < 4.78 is 10.5. The molecule has 1 aliphatic heterocycles. The van der Waals surface area contributed by atoms with Crippen molar-refractivity contribution in [3.05, 3.63) is 47.2 Å². The van der Waals surface area contributed by atoms with Gasteiger partial charge in [-0.2, -0.15) is 0 Å². The predicted molar refractivity (Wildman–Crippen MR) is 103 cm³/mol. The third kappa shape index (κ3) is 2.79. The number of anilines is 2. The molecule has 0 bridgehead atoms. The van der Waals surface area contributed by atoms with Crippen molar-refractivity contribution in [1.29, 1.82) is 0 Å². The first-order valence-electron chi connectivity index (χ1n) is 8.24. The third-order valence-corrected chi connectivity index (χ3v) is 5.39. The van der Waals surface area contributed by atoms with Gasteiger partial charge in [0.2, 0.25) is 5.78 Å². The molecule has 0 spiro atoms. The van der Waals surface area contributed by atoms with E-state index in [1.807, 2.05) is 13.0 Å². The van der Waals surface area contributed by atoms with Crippen LogP contribution in [0.5, 0.6) is 5.75 Å². The summed E-state index contributed by atoms with van der Waals surface area (Å²) >= 11 is 1.55. The smallest absolute Gasteiger partial charge is 0.205 e. The lowest BCUT2D eigenvalue weighted by Crippen LogP contribution is -2.32. The maximum Gasteiger partial charge on any atom is 0.205 e. The van der Waals surface area contributed by atoms with E-state index in [2.05, 4.69) is 15.6 Å². The number of thiophene rings is 1. The Morgan fingerprint density at radius 3 is 2.69 bits per heavy atom. The summed E-state index contributed by atoms with van der Waals surface area (Å²) in [6.07, 6.45) is -0.495. The molecule has 0 aliphatic carbocycles. The highest BCUT2D eigenvalue weighted by molar-refractivity contribution is 7.23.